The van der Waals surface area contributed by atoms with E-state index in [1.54, 1.807) is 24.8 Å². The zero-order valence-corrected chi connectivity index (χ0v) is 36.6. The average molecular weight is 851 g/mol. The maximum absolute atomic E-state index is 12.7. The molecule has 0 aliphatic carbocycles. The van der Waals surface area contributed by atoms with Crippen molar-refractivity contribution in [2.75, 3.05) is 0 Å². The zero-order valence-electron chi connectivity index (χ0n) is 36.6. The molecule has 64 heavy (non-hydrogen) atoms. The number of aromatic nitrogens is 2. The SMILES string of the molecule is Cc1c(-c2c(C)c(C(C)C)c3cc(O)c(O)c(C=Nc4ccc(Cc5ccncc5)cc4)c3c2O)c(O)c2c(C=Nc3ccc(Cc4ccncc4)cc3)c(O)c(O)cc2c1C(C)C. The van der Waals surface area contributed by atoms with Gasteiger partial charge in [-0.25, -0.2) is 0 Å². The molecule has 0 saturated carbocycles. The van der Waals surface area contributed by atoms with Crippen molar-refractivity contribution in [3.63, 3.8) is 0 Å². The smallest absolute Gasteiger partial charge is 0.167 e. The third-order valence-electron chi connectivity index (χ3n) is 12.0. The molecule has 10 nitrogen and oxygen atoms in total. The molecule has 2 aromatic heterocycles. The Morgan fingerprint density at radius 3 is 1.12 bits per heavy atom. The molecule has 8 rings (SSSR count). The van der Waals surface area contributed by atoms with Crippen LogP contribution in [-0.4, -0.2) is 53.0 Å². The van der Waals surface area contributed by atoms with Crippen LogP contribution in [0.25, 0.3) is 32.7 Å². The molecule has 6 aromatic carbocycles. The van der Waals surface area contributed by atoms with Crippen molar-refractivity contribution in [1.29, 1.82) is 0 Å². The number of phenols is 6. The summed E-state index contributed by atoms with van der Waals surface area (Å²) in [6, 6.07) is 26.1. The van der Waals surface area contributed by atoms with Gasteiger partial charge in [0.25, 0.3) is 0 Å². The molecular formula is C54H50N4O6. The molecule has 0 saturated heterocycles. The second-order valence-electron chi connectivity index (χ2n) is 16.9. The van der Waals surface area contributed by atoms with Crippen LogP contribution in [0.1, 0.15) is 95.2 Å². The maximum atomic E-state index is 12.7. The van der Waals surface area contributed by atoms with E-state index in [-0.39, 0.29) is 56.7 Å². The first kappa shape index (κ1) is 42.9. The Kier molecular flexibility index (Phi) is 11.8. The Labute approximate surface area is 371 Å². The van der Waals surface area contributed by atoms with Gasteiger partial charge >= 0.3 is 0 Å². The van der Waals surface area contributed by atoms with Crippen LogP contribution in [0.4, 0.5) is 11.4 Å². The first-order valence-corrected chi connectivity index (χ1v) is 21.3. The van der Waals surface area contributed by atoms with Gasteiger partial charge in [0.15, 0.2) is 23.0 Å². The van der Waals surface area contributed by atoms with Crippen molar-refractivity contribution in [3.8, 4) is 45.6 Å². The third kappa shape index (κ3) is 8.06. The summed E-state index contributed by atoms with van der Waals surface area (Å²) in [7, 11) is 0. The summed E-state index contributed by atoms with van der Waals surface area (Å²) < 4.78 is 0. The van der Waals surface area contributed by atoms with Gasteiger partial charge in [0.1, 0.15) is 11.5 Å². The molecule has 0 aliphatic heterocycles. The zero-order chi connectivity index (χ0) is 45.4. The molecule has 10 heteroatoms. The minimum absolute atomic E-state index is 0.0979. The lowest BCUT2D eigenvalue weighted by Gasteiger charge is -2.26. The van der Waals surface area contributed by atoms with Crippen LogP contribution in [0.2, 0.25) is 0 Å². The van der Waals surface area contributed by atoms with Crippen molar-refractivity contribution in [2.45, 2.75) is 66.2 Å². The molecule has 0 atom stereocenters. The molecule has 2 heterocycles. The molecule has 6 N–H and O–H groups in total. The highest BCUT2D eigenvalue weighted by molar-refractivity contribution is 6.15. The Morgan fingerprint density at radius 1 is 0.469 bits per heavy atom. The largest absolute Gasteiger partial charge is 0.507 e. The van der Waals surface area contributed by atoms with Gasteiger partial charge in [-0.05, 0) is 154 Å². The summed E-state index contributed by atoms with van der Waals surface area (Å²) in [6.45, 7) is 11.7. The van der Waals surface area contributed by atoms with Gasteiger partial charge in [-0.1, -0.05) is 52.0 Å². The van der Waals surface area contributed by atoms with E-state index in [1.165, 1.54) is 24.6 Å². The van der Waals surface area contributed by atoms with Crippen LogP contribution in [0.3, 0.4) is 0 Å². The lowest BCUT2D eigenvalue weighted by Crippen LogP contribution is -2.04. The molecule has 8 aromatic rings. The van der Waals surface area contributed by atoms with Gasteiger partial charge in [0.05, 0.1) is 22.5 Å². The molecule has 322 valence electrons. The summed E-state index contributed by atoms with van der Waals surface area (Å²) in [5, 5.41) is 72.1. The molecule has 0 amide bonds. The van der Waals surface area contributed by atoms with E-state index in [4.69, 9.17) is 9.98 Å². The average Bonchev–Trinajstić information content (AvgIpc) is 3.27. The number of hydrogen-bond donors (Lipinski definition) is 6. The number of fused-ring (bicyclic) bond motifs is 2. The van der Waals surface area contributed by atoms with Crippen molar-refractivity contribution in [1.82, 2.24) is 9.97 Å². The van der Waals surface area contributed by atoms with E-state index in [1.807, 2.05) is 114 Å². The van der Waals surface area contributed by atoms with E-state index in [2.05, 4.69) is 9.97 Å². The minimum atomic E-state index is -0.461. The predicted molar refractivity (Wildman–Crippen MR) is 256 cm³/mol. The highest BCUT2D eigenvalue weighted by atomic mass is 16.3. The van der Waals surface area contributed by atoms with Gasteiger partial charge < -0.3 is 30.6 Å². The number of rotatable bonds is 11. The standard InChI is InChI=1S/C54H50N4O6/c1-29(2)45-31(5)47(53(63)49-39(45)25-43(59)51(61)41(49)27-57-37-11-7-33(8-12-37)23-35-15-19-55-20-16-35)48-32(6)46(30(3)4)40-26-44(60)52(62)42(50(40)54(48)64)28-58-38-13-9-34(10-14-38)24-36-17-21-56-22-18-36/h7-22,25-30,59-64H,23-24H2,1-6H3. The lowest BCUT2D eigenvalue weighted by atomic mass is 9.79. The second kappa shape index (κ2) is 17.6. The van der Waals surface area contributed by atoms with E-state index in [9.17, 15) is 30.6 Å². The van der Waals surface area contributed by atoms with E-state index < -0.39 is 11.5 Å². The first-order valence-electron chi connectivity index (χ1n) is 21.3. The van der Waals surface area contributed by atoms with Gasteiger partial charge in [-0.15, -0.1) is 0 Å². The number of aliphatic imine (C=N–C) groups is 2. The van der Waals surface area contributed by atoms with Crippen LogP contribution in [0.5, 0.6) is 34.5 Å². The van der Waals surface area contributed by atoms with Crippen LogP contribution in [-0.2, 0) is 12.8 Å². The summed E-state index contributed by atoms with van der Waals surface area (Å²) in [4.78, 5) is 17.6. The van der Waals surface area contributed by atoms with Crippen molar-refractivity contribution < 1.29 is 30.6 Å². The van der Waals surface area contributed by atoms with E-state index in [0.717, 1.165) is 46.2 Å². The monoisotopic (exact) mass is 850 g/mol. The summed E-state index contributed by atoms with van der Waals surface area (Å²) in [5.74, 6) is -2.42. The lowest BCUT2D eigenvalue weighted by molar-refractivity contribution is 0.404. The number of aromatic hydroxyl groups is 6. The van der Waals surface area contributed by atoms with Crippen LogP contribution >= 0.6 is 0 Å². The number of benzene rings is 6. The van der Waals surface area contributed by atoms with Gasteiger partial charge in [0, 0.05) is 59.1 Å². The molecule has 0 radical (unpaired) electrons. The van der Waals surface area contributed by atoms with Crippen LogP contribution < -0.4 is 0 Å². The molecule has 0 unspecified atom stereocenters. The third-order valence-corrected chi connectivity index (χ3v) is 12.0. The Balaban J connectivity index is 1.31. The fourth-order valence-electron chi connectivity index (χ4n) is 9.07. The maximum Gasteiger partial charge on any atom is 0.167 e. The molecule has 0 fully saturated rings. The molecule has 0 bridgehead atoms. The van der Waals surface area contributed by atoms with E-state index in [0.29, 0.717) is 44.4 Å². The summed E-state index contributed by atoms with van der Waals surface area (Å²) >= 11 is 0. The molecule has 0 aliphatic rings. The number of phenolic OH excluding ortho intramolecular Hbond substituents is 6. The summed E-state index contributed by atoms with van der Waals surface area (Å²) in [6.07, 6.45) is 11.3. The topological polar surface area (TPSA) is 172 Å². The highest BCUT2D eigenvalue weighted by Crippen LogP contribution is 2.55. The van der Waals surface area contributed by atoms with Gasteiger partial charge in [0.2, 0.25) is 0 Å². The molecule has 0 spiro atoms. The quantitative estimate of drug-likeness (QED) is 0.0551. The Bertz CT molecular complexity index is 2900. The first-order chi connectivity index (χ1) is 30.7. The second-order valence-corrected chi connectivity index (χ2v) is 16.9. The minimum Gasteiger partial charge on any atom is -0.507 e. The predicted octanol–water partition coefficient (Wildman–Crippen LogP) is 12.2. The van der Waals surface area contributed by atoms with Gasteiger partial charge in [-0.2, -0.15) is 0 Å². The van der Waals surface area contributed by atoms with Crippen molar-refractivity contribution in [2.24, 2.45) is 9.98 Å². The summed E-state index contributed by atoms with van der Waals surface area (Å²) in [5.41, 5.74) is 9.26. The number of nitrogens with zero attached hydrogens (tertiary/aromatic N) is 4. The number of pyridine rings is 2. The Hall–Kier alpha value is -7.72. The van der Waals surface area contributed by atoms with Crippen LogP contribution in [0, 0.1) is 13.8 Å². The van der Waals surface area contributed by atoms with Crippen molar-refractivity contribution >= 4 is 45.3 Å². The van der Waals surface area contributed by atoms with Crippen molar-refractivity contribution in [3.05, 3.63) is 165 Å². The fraction of sp³-hybridized carbons (Fsp3) is 0.185. The number of hydrogen-bond acceptors (Lipinski definition) is 10. The molecular weight excluding hydrogens is 801 g/mol. The normalized spacial score (nSPS) is 11.9. The van der Waals surface area contributed by atoms with Gasteiger partial charge in [-0.3, -0.25) is 20.0 Å². The van der Waals surface area contributed by atoms with E-state index >= 15 is 0 Å². The fourth-order valence-corrected chi connectivity index (χ4v) is 9.07. The van der Waals surface area contributed by atoms with Crippen LogP contribution in [0.15, 0.2) is 120 Å². The Morgan fingerprint density at radius 2 is 0.797 bits per heavy atom. The highest BCUT2D eigenvalue weighted by Gasteiger charge is 2.30.